The minimum Gasteiger partial charge on any atom is -0.409 e. The van der Waals surface area contributed by atoms with Gasteiger partial charge in [-0.05, 0) is 6.08 Å². The van der Waals surface area contributed by atoms with Crippen LogP contribution in [0.4, 0.5) is 13.2 Å². The standard InChI is InChI=1S/C5H4F3NO/c6-5(7,8)10-4-1-2-9-3-4/h1,9H,3H2. The molecule has 1 aliphatic rings. The predicted molar refractivity (Wildman–Crippen MR) is 26.5 cm³/mol. The first-order valence-electron chi connectivity index (χ1n) is 2.51. The molecule has 0 aromatic rings. The third-order valence-electron chi connectivity index (χ3n) is 0.845. The van der Waals surface area contributed by atoms with Gasteiger partial charge < -0.3 is 4.74 Å². The highest BCUT2D eigenvalue weighted by Gasteiger charge is 2.32. The van der Waals surface area contributed by atoms with Crippen LogP contribution in [0.2, 0.25) is 0 Å². The number of ether oxygens (including phenoxy) is 1. The van der Waals surface area contributed by atoms with Gasteiger partial charge in [-0.2, -0.15) is 0 Å². The molecule has 2 nitrogen and oxygen atoms in total. The van der Waals surface area contributed by atoms with Crippen molar-refractivity contribution in [3.8, 4) is 0 Å². The number of hydrogen-bond acceptors (Lipinski definition) is 2. The van der Waals surface area contributed by atoms with E-state index in [1.54, 1.807) is 0 Å². The molecule has 10 heavy (non-hydrogen) atoms. The van der Waals surface area contributed by atoms with Crippen LogP contribution in [0, 0.1) is 6.54 Å². The molecule has 0 aliphatic carbocycles. The van der Waals surface area contributed by atoms with Crippen LogP contribution in [0.5, 0.6) is 0 Å². The van der Waals surface area contributed by atoms with Gasteiger partial charge in [0.1, 0.15) is 5.76 Å². The summed E-state index contributed by atoms with van der Waals surface area (Å²) >= 11 is 0. The normalized spacial score (nSPS) is 18.9. The highest BCUT2D eigenvalue weighted by Crippen LogP contribution is 2.21. The maximum absolute atomic E-state index is 11.4. The Bertz CT molecular complexity index is 151. The largest absolute Gasteiger partial charge is 0.572 e. The van der Waals surface area contributed by atoms with Gasteiger partial charge in [0.05, 0.1) is 13.1 Å². The second-order valence-corrected chi connectivity index (χ2v) is 1.66. The molecule has 0 bridgehead atoms. The zero-order chi connectivity index (χ0) is 7.61. The lowest BCUT2D eigenvalue weighted by atomic mass is 10.5. The lowest BCUT2D eigenvalue weighted by Gasteiger charge is -2.07. The van der Waals surface area contributed by atoms with E-state index in [1.807, 2.05) is 0 Å². The summed E-state index contributed by atoms with van der Waals surface area (Å²) < 4.78 is 37.7. The van der Waals surface area contributed by atoms with Crippen molar-refractivity contribution in [2.75, 3.05) is 6.54 Å². The smallest absolute Gasteiger partial charge is 0.409 e. The number of hydrogen-bond donors (Lipinski definition) is 1. The lowest BCUT2D eigenvalue weighted by molar-refractivity contribution is -0.305. The average molecular weight is 151 g/mol. The molecule has 0 fully saturated rings. The van der Waals surface area contributed by atoms with Crippen molar-refractivity contribution in [3.05, 3.63) is 18.4 Å². The van der Waals surface area contributed by atoms with Crippen LogP contribution in [0.1, 0.15) is 0 Å². The van der Waals surface area contributed by atoms with E-state index in [2.05, 4.69) is 16.6 Å². The molecule has 0 aromatic carbocycles. The Morgan fingerprint density at radius 2 is 2.30 bits per heavy atom. The summed E-state index contributed by atoms with van der Waals surface area (Å²) in [5.74, 6) is -0.160. The van der Waals surface area contributed by atoms with E-state index in [9.17, 15) is 13.2 Å². The minimum atomic E-state index is -4.58. The van der Waals surface area contributed by atoms with Crippen LogP contribution < -0.4 is 5.32 Å². The van der Waals surface area contributed by atoms with Gasteiger partial charge in [0, 0.05) is 0 Å². The zero-order valence-corrected chi connectivity index (χ0v) is 4.83. The number of halogens is 3. The fourth-order valence-corrected chi connectivity index (χ4v) is 0.535. The van der Waals surface area contributed by atoms with Crippen LogP contribution in [0.25, 0.3) is 0 Å². The quantitative estimate of drug-likeness (QED) is 0.604. The van der Waals surface area contributed by atoms with Gasteiger partial charge in [-0.3, -0.25) is 5.32 Å². The monoisotopic (exact) mass is 151 g/mol. The third-order valence-corrected chi connectivity index (χ3v) is 0.845. The predicted octanol–water partition coefficient (Wildman–Crippen LogP) is 1.05. The Morgan fingerprint density at radius 1 is 1.60 bits per heavy atom. The van der Waals surface area contributed by atoms with Crippen molar-refractivity contribution in [2.45, 2.75) is 6.36 Å². The summed E-state index contributed by atoms with van der Waals surface area (Å²) in [6.07, 6.45) is -3.47. The molecular formula is C5H4F3NO. The summed E-state index contributed by atoms with van der Waals surface area (Å²) in [7, 11) is 0. The summed E-state index contributed by atoms with van der Waals surface area (Å²) in [5.41, 5.74) is 0. The fourth-order valence-electron chi connectivity index (χ4n) is 0.535. The molecule has 0 saturated heterocycles. The Kier molecular flexibility index (Phi) is 1.85. The molecule has 1 rings (SSSR count). The first kappa shape index (κ1) is 7.40. The zero-order valence-electron chi connectivity index (χ0n) is 4.83. The molecular weight excluding hydrogens is 147 g/mol. The molecule has 0 saturated carbocycles. The van der Waals surface area contributed by atoms with Gasteiger partial charge in [-0.25, -0.2) is 0 Å². The maximum atomic E-state index is 11.4. The van der Waals surface area contributed by atoms with Gasteiger partial charge in [-0.15, -0.1) is 13.2 Å². The number of nitrogens with one attached hydrogen (secondary N) is 1. The van der Waals surface area contributed by atoms with Gasteiger partial charge in [-0.1, -0.05) is 0 Å². The topological polar surface area (TPSA) is 21.3 Å². The Labute approximate surface area is 55.7 Å². The molecule has 2 radical (unpaired) electrons. The first-order chi connectivity index (χ1) is 4.58. The number of rotatable bonds is 1. The summed E-state index contributed by atoms with van der Waals surface area (Å²) in [5, 5.41) is 2.43. The van der Waals surface area contributed by atoms with E-state index >= 15 is 0 Å². The third kappa shape index (κ3) is 2.26. The van der Waals surface area contributed by atoms with E-state index in [4.69, 9.17) is 0 Å². The van der Waals surface area contributed by atoms with Crippen molar-refractivity contribution in [1.29, 1.82) is 0 Å². The summed E-state index contributed by atoms with van der Waals surface area (Å²) in [4.78, 5) is 0. The van der Waals surface area contributed by atoms with Crippen molar-refractivity contribution in [3.63, 3.8) is 0 Å². The molecule has 0 spiro atoms. The molecule has 1 heterocycles. The Balaban J connectivity index is 2.38. The molecule has 56 valence electrons. The molecule has 0 aromatic heterocycles. The van der Waals surface area contributed by atoms with Crippen LogP contribution in [-0.4, -0.2) is 12.9 Å². The van der Waals surface area contributed by atoms with Gasteiger partial charge in [0.25, 0.3) is 0 Å². The van der Waals surface area contributed by atoms with Gasteiger partial charge in [0.15, 0.2) is 0 Å². The Hall–Kier alpha value is -0.710. The van der Waals surface area contributed by atoms with Crippen LogP contribution in [-0.2, 0) is 4.74 Å². The first-order valence-corrected chi connectivity index (χ1v) is 2.51. The molecule has 0 atom stereocenters. The minimum absolute atomic E-state index is 0.0551. The summed E-state index contributed by atoms with van der Waals surface area (Å²) in [6, 6.07) is 0. The van der Waals surface area contributed by atoms with E-state index in [-0.39, 0.29) is 12.3 Å². The summed E-state index contributed by atoms with van der Waals surface area (Å²) in [6.45, 7) is 2.41. The van der Waals surface area contributed by atoms with Crippen LogP contribution in [0.3, 0.4) is 0 Å². The molecule has 5 heteroatoms. The number of alkyl halides is 3. The van der Waals surface area contributed by atoms with Crippen LogP contribution in [0.15, 0.2) is 11.8 Å². The van der Waals surface area contributed by atoms with E-state index in [1.165, 1.54) is 0 Å². The van der Waals surface area contributed by atoms with E-state index in [0.29, 0.717) is 0 Å². The van der Waals surface area contributed by atoms with Crippen molar-refractivity contribution in [2.24, 2.45) is 0 Å². The maximum Gasteiger partial charge on any atom is 0.572 e. The molecule has 1 N–H and O–H groups in total. The highest BCUT2D eigenvalue weighted by molar-refractivity contribution is 5.10. The van der Waals surface area contributed by atoms with Gasteiger partial charge >= 0.3 is 6.36 Å². The lowest BCUT2D eigenvalue weighted by Crippen LogP contribution is -2.16. The van der Waals surface area contributed by atoms with E-state index < -0.39 is 6.36 Å². The van der Waals surface area contributed by atoms with Crippen molar-refractivity contribution >= 4 is 0 Å². The van der Waals surface area contributed by atoms with Gasteiger partial charge in [0.2, 0.25) is 0 Å². The van der Waals surface area contributed by atoms with Crippen molar-refractivity contribution in [1.82, 2.24) is 5.32 Å². The van der Waals surface area contributed by atoms with E-state index in [0.717, 1.165) is 6.08 Å². The molecule has 0 amide bonds. The highest BCUT2D eigenvalue weighted by atomic mass is 19.4. The fraction of sp³-hybridized carbons (Fsp3) is 0.400. The Morgan fingerprint density at radius 3 is 2.70 bits per heavy atom. The molecule has 0 unspecified atom stereocenters. The van der Waals surface area contributed by atoms with Crippen LogP contribution >= 0.6 is 0 Å². The van der Waals surface area contributed by atoms with Crippen molar-refractivity contribution < 1.29 is 17.9 Å². The second-order valence-electron chi connectivity index (χ2n) is 1.66. The SMILES string of the molecule is FC(F)(F)OC1=C[C]NC1. The second kappa shape index (κ2) is 2.49. The average Bonchev–Trinajstić information content (AvgIpc) is 2.12. The molecule has 1 aliphatic heterocycles.